The van der Waals surface area contributed by atoms with Crippen LogP contribution < -0.4 is 16.0 Å². The molecule has 5 rings (SSSR count). The smallest absolute Gasteiger partial charge is 0.243 e. The maximum absolute atomic E-state index is 12.9. The van der Waals surface area contributed by atoms with Gasteiger partial charge in [-0.3, -0.25) is 14.4 Å². The van der Waals surface area contributed by atoms with Gasteiger partial charge in [-0.25, -0.2) is 4.98 Å². The highest BCUT2D eigenvalue weighted by molar-refractivity contribution is 5.90. The standard InChI is InChI=1S/C26H34N4O3/c1-25-12-10-19-17(7-9-20-26(19,2)13-11-23(32)28-20)18(25)8-6-16(25)14-24(33)30-22-5-3-4-21(29-22)27-15-31/h3-5,11,13,15-20H,6-10,12,14H2,1-2H3,(H,28,32)(H2,27,29,30,31,33)/t16-,17+,18+,19+,20-,25-,26-/m1/s1. The van der Waals surface area contributed by atoms with Crippen molar-refractivity contribution in [3.05, 3.63) is 30.4 Å². The lowest BCUT2D eigenvalue weighted by Gasteiger charge is -2.59. The van der Waals surface area contributed by atoms with Gasteiger partial charge in [0.1, 0.15) is 11.6 Å². The lowest BCUT2D eigenvalue weighted by Crippen LogP contribution is -2.59. The Labute approximate surface area is 195 Å². The molecule has 3 amide bonds. The zero-order valence-corrected chi connectivity index (χ0v) is 19.5. The zero-order chi connectivity index (χ0) is 23.2. The number of amides is 3. The SMILES string of the molecule is C[C@]12C=CC(=O)N[C@@H]1CC[C@@H]1[C@@H]2CC[C@]2(C)[C@@H](CC(=O)Nc3cccc(NC=O)n3)CC[C@@H]12. The molecule has 4 aliphatic rings. The number of aromatic nitrogens is 1. The highest BCUT2D eigenvalue weighted by Gasteiger charge is 2.59. The van der Waals surface area contributed by atoms with E-state index in [-0.39, 0.29) is 28.7 Å². The Hall–Kier alpha value is -2.70. The number of rotatable bonds is 5. The van der Waals surface area contributed by atoms with E-state index in [9.17, 15) is 14.4 Å². The molecule has 7 heteroatoms. The minimum Gasteiger partial charge on any atom is -0.349 e. The Morgan fingerprint density at radius 3 is 2.79 bits per heavy atom. The number of nitrogens with zero attached hydrogens (tertiary/aromatic N) is 1. The summed E-state index contributed by atoms with van der Waals surface area (Å²) < 4.78 is 0. The van der Waals surface area contributed by atoms with Crippen molar-refractivity contribution in [1.29, 1.82) is 0 Å². The van der Waals surface area contributed by atoms with Crippen LogP contribution in [-0.4, -0.2) is 29.3 Å². The fourth-order valence-corrected chi connectivity index (χ4v) is 7.84. The van der Waals surface area contributed by atoms with Crippen molar-refractivity contribution in [2.75, 3.05) is 10.6 Å². The highest BCUT2D eigenvalue weighted by atomic mass is 16.2. The van der Waals surface area contributed by atoms with Crippen molar-refractivity contribution >= 4 is 29.9 Å². The molecule has 7 nitrogen and oxygen atoms in total. The zero-order valence-electron chi connectivity index (χ0n) is 19.5. The molecule has 3 saturated carbocycles. The Kier molecular flexibility index (Phi) is 5.53. The summed E-state index contributed by atoms with van der Waals surface area (Å²) in [6.45, 7) is 4.76. The lowest BCUT2D eigenvalue weighted by molar-refractivity contribution is -0.123. The molecule has 33 heavy (non-hydrogen) atoms. The molecule has 2 heterocycles. The number of fused-ring (bicyclic) bond motifs is 5. The third kappa shape index (κ3) is 3.75. The minimum atomic E-state index is -0.00616. The number of anilines is 2. The number of carbonyl (C=O) groups is 3. The lowest BCUT2D eigenvalue weighted by atomic mass is 9.48. The Balaban J connectivity index is 1.28. The number of nitrogens with one attached hydrogen (secondary N) is 3. The first kappa shape index (κ1) is 22.1. The maximum atomic E-state index is 12.9. The molecule has 0 unspecified atom stereocenters. The molecule has 0 radical (unpaired) electrons. The fraction of sp³-hybridized carbons (Fsp3) is 0.615. The third-order valence-corrected chi connectivity index (χ3v) is 9.54. The summed E-state index contributed by atoms with van der Waals surface area (Å²) in [6.07, 6.45) is 11.8. The minimum absolute atomic E-state index is 0.00616. The van der Waals surface area contributed by atoms with Crippen LogP contribution in [0.15, 0.2) is 30.4 Å². The van der Waals surface area contributed by atoms with Crippen LogP contribution in [0.4, 0.5) is 11.6 Å². The molecule has 0 bridgehead atoms. The van der Waals surface area contributed by atoms with E-state index in [2.05, 4.69) is 40.9 Å². The fourth-order valence-electron chi connectivity index (χ4n) is 7.84. The van der Waals surface area contributed by atoms with Crippen LogP contribution in [-0.2, 0) is 14.4 Å². The van der Waals surface area contributed by atoms with Gasteiger partial charge in [0.15, 0.2) is 0 Å². The number of carbonyl (C=O) groups excluding carboxylic acids is 3. The monoisotopic (exact) mass is 450 g/mol. The van der Waals surface area contributed by atoms with Gasteiger partial charge in [-0.05, 0) is 85.8 Å². The van der Waals surface area contributed by atoms with Gasteiger partial charge in [-0.2, -0.15) is 0 Å². The van der Waals surface area contributed by atoms with Crippen LogP contribution in [0.25, 0.3) is 0 Å². The predicted molar refractivity (Wildman–Crippen MR) is 126 cm³/mol. The van der Waals surface area contributed by atoms with Crippen molar-refractivity contribution in [3.8, 4) is 0 Å². The molecule has 0 saturated heterocycles. The van der Waals surface area contributed by atoms with Crippen LogP contribution in [0.5, 0.6) is 0 Å². The van der Waals surface area contributed by atoms with Gasteiger partial charge in [0.25, 0.3) is 0 Å². The molecule has 7 atom stereocenters. The van der Waals surface area contributed by atoms with Crippen LogP contribution in [0.3, 0.4) is 0 Å². The summed E-state index contributed by atoms with van der Waals surface area (Å²) in [5, 5.41) is 8.67. The van der Waals surface area contributed by atoms with E-state index >= 15 is 0 Å². The largest absolute Gasteiger partial charge is 0.349 e. The quantitative estimate of drug-likeness (QED) is 0.593. The van der Waals surface area contributed by atoms with Gasteiger partial charge in [-0.1, -0.05) is 26.0 Å². The molecule has 3 aliphatic carbocycles. The topological polar surface area (TPSA) is 100 Å². The molecule has 1 aliphatic heterocycles. The molecule has 176 valence electrons. The summed E-state index contributed by atoms with van der Waals surface area (Å²) in [6, 6.07) is 5.45. The van der Waals surface area contributed by atoms with Crippen LogP contribution in [0, 0.1) is 34.5 Å². The summed E-state index contributed by atoms with van der Waals surface area (Å²) in [7, 11) is 0. The van der Waals surface area contributed by atoms with Gasteiger partial charge in [0.2, 0.25) is 18.2 Å². The second-order valence-corrected chi connectivity index (χ2v) is 11.0. The number of hydrogen-bond donors (Lipinski definition) is 3. The van der Waals surface area contributed by atoms with E-state index in [1.165, 1.54) is 12.8 Å². The van der Waals surface area contributed by atoms with E-state index in [1.54, 1.807) is 24.3 Å². The van der Waals surface area contributed by atoms with Gasteiger partial charge in [0, 0.05) is 17.9 Å². The van der Waals surface area contributed by atoms with E-state index in [4.69, 9.17) is 0 Å². The first-order chi connectivity index (χ1) is 15.8. The summed E-state index contributed by atoms with van der Waals surface area (Å²) in [5.41, 5.74) is 0.220. The Bertz CT molecular complexity index is 994. The number of pyridine rings is 1. The molecule has 3 fully saturated rings. The van der Waals surface area contributed by atoms with E-state index in [1.807, 2.05) is 0 Å². The van der Waals surface area contributed by atoms with Crippen LogP contribution >= 0.6 is 0 Å². The van der Waals surface area contributed by atoms with Gasteiger partial charge < -0.3 is 16.0 Å². The van der Waals surface area contributed by atoms with Crippen molar-refractivity contribution in [1.82, 2.24) is 10.3 Å². The van der Waals surface area contributed by atoms with Crippen LogP contribution in [0.2, 0.25) is 0 Å². The van der Waals surface area contributed by atoms with Gasteiger partial charge in [0.05, 0.1) is 0 Å². The molecule has 0 spiro atoms. The van der Waals surface area contributed by atoms with Crippen molar-refractivity contribution in [2.24, 2.45) is 34.5 Å². The molecule has 1 aromatic heterocycles. The average molecular weight is 451 g/mol. The molecular formula is C26H34N4O3. The molecular weight excluding hydrogens is 416 g/mol. The normalized spacial score (nSPS) is 39.0. The summed E-state index contributed by atoms with van der Waals surface area (Å²) in [4.78, 5) is 39.8. The first-order valence-electron chi connectivity index (χ1n) is 12.3. The van der Waals surface area contributed by atoms with Crippen molar-refractivity contribution < 1.29 is 14.4 Å². The summed E-state index contributed by atoms with van der Waals surface area (Å²) in [5.74, 6) is 3.18. The first-order valence-corrected chi connectivity index (χ1v) is 12.3. The second kappa shape index (κ2) is 8.26. The van der Waals surface area contributed by atoms with E-state index in [0.717, 1.165) is 25.7 Å². The van der Waals surface area contributed by atoms with E-state index in [0.29, 0.717) is 48.1 Å². The molecule has 3 N–H and O–H groups in total. The predicted octanol–water partition coefficient (Wildman–Crippen LogP) is 3.89. The molecule has 1 aromatic rings. The second-order valence-electron chi connectivity index (χ2n) is 11.0. The average Bonchev–Trinajstić information content (AvgIpc) is 3.11. The number of hydrogen-bond acceptors (Lipinski definition) is 4. The molecule has 0 aromatic carbocycles. The summed E-state index contributed by atoms with van der Waals surface area (Å²) >= 11 is 0. The van der Waals surface area contributed by atoms with Crippen molar-refractivity contribution in [2.45, 2.75) is 64.8 Å². The van der Waals surface area contributed by atoms with Crippen LogP contribution in [0.1, 0.15) is 58.8 Å². The Morgan fingerprint density at radius 2 is 1.97 bits per heavy atom. The van der Waals surface area contributed by atoms with Gasteiger partial charge in [-0.15, -0.1) is 0 Å². The van der Waals surface area contributed by atoms with Gasteiger partial charge >= 0.3 is 0 Å². The van der Waals surface area contributed by atoms with E-state index < -0.39 is 0 Å². The third-order valence-electron chi connectivity index (χ3n) is 9.54. The maximum Gasteiger partial charge on any atom is 0.243 e. The highest BCUT2D eigenvalue weighted by Crippen LogP contribution is 2.65. The Morgan fingerprint density at radius 1 is 1.15 bits per heavy atom. The van der Waals surface area contributed by atoms with Crippen molar-refractivity contribution in [3.63, 3.8) is 0 Å².